The number of alkyl halides is 3. The average molecular weight is 704 g/mol. The summed E-state index contributed by atoms with van der Waals surface area (Å²) in [5.74, 6) is -3.08. The van der Waals surface area contributed by atoms with Gasteiger partial charge in [0.15, 0.2) is 0 Å². The van der Waals surface area contributed by atoms with E-state index >= 15 is 0 Å². The van der Waals surface area contributed by atoms with Crippen molar-refractivity contribution in [1.29, 1.82) is 10.5 Å². The molecule has 3 aromatic carbocycles. The van der Waals surface area contributed by atoms with E-state index in [-0.39, 0.29) is 18.4 Å². The Bertz CT molecular complexity index is 2050. The predicted molar refractivity (Wildman–Crippen MR) is 176 cm³/mol. The summed E-state index contributed by atoms with van der Waals surface area (Å²) in [4.78, 5) is 38.4. The molecule has 0 bridgehead atoms. The number of carbonyl (C=O) groups is 3. The van der Waals surface area contributed by atoms with E-state index in [0.717, 1.165) is 10.9 Å². The van der Waals surface area contributed by atoms with Crippen LogP contribution in [-0.2, 0) is 25.7 Å². The number of nitriles is 2. The molecule has 3 heterocycles. The zero-order valence-electron chi connectivity index (χ0n) is 27.4. The smallest absolute Gasteiger partial charge is 0.482 e. The van der Waals surface area contributed by atoms with Gasteiger partial charge in [0.1, 0.15) is 23.5 Å². The Hall–Kier alpha value is -5.97. The molecule has 6 rings (SSSR count). The van der Waals surface area contributed by atoms with Crippen LogP contribution < -0.4 is 20.3 Å². The molecule has 2 atom stereocenters. The molecule has 13 nitrogen and oxygen atoms in total. The fraction of sp³-hybridized carbons (Fsp3) is 0.314. The number of fused-ring (bicyclic) bond motifs is 2. The van der Waals surface area contributed by atoms with Crippen LogP contribution >= 0.6 is 0 Å². The number of aromatic nitrogens is 2. The Morgan fingerprint density at radius 3 is 2.37 bits per heavy atom. The number of likely N-dealkylation sites (N-methyl/N-ethyl adjacent to an activating group) is 1. The van der Waals surface area contributed by atoms with Crippen molar-refractivity contribution in [3.8, 4) is 23.6 Å². The number of nitrogens with one attached hydrogen (secondary N) is 2. The summed E-state index contributed by atoms with van der Waals surface area (Å²) in [7, 11) is 1.68. The third kappa shape index (κ3) is 7.47. The average Bonchev–Trinajstić information content (AvgIpc) is 3.46. The lowest BCUT2D eigenvalue weighted by atomic mass is 9.84. The van der Waals surface area contributed by atoms with Crippen molar-refractivity contribution in [2.75, 3.05) is 25.2 Å². The summed E-state index contributed by atoms with van der Waals surface area (Å²) in [5, 5.41) is 38.2. The van der Waals surface area contributed by atoms with E-state index in [9.17, 15) is 33.3 Å². The monoisotopic (exact) mass is 703 g/mol. The zero-order chi connectivity index (χ0) is 36.9. The molecule has 0 radical (unpaired) electrons. The van der Waals surface area contributed by atoms with Crippen molar-refractivity contribution in [3.63, 3.8) is 0 Å². The van der Waals surface area contributed by atoms with Crippen molar-refractivity contribution >= 4 is 34.4 Å². The maximum Gasteiger partial charge on any atom is 0.490 e. The number of carboxylic acids is 1. The molecular formula is C35H32F3N7O6. The summed E-state index contributed by atoms with van der Waals surface area (Å²) in [6.45, 7) is 2.46. The molecule has 2 amide bonds. The number of halogens is 3. The van der Waals surface area contributed by atoms with Gasteiger partial charge in [-0.05, 0) is 44.3 Å². The lowest BCUT2D eigenvalue weighted by molar-refractivity contribution is -0.192. The Balaban J connectivity index is 0.000000654. The number of benzene rings is 3. The Morgan fingerprint density at radius 2 is 1.73 bits per heavy atom. The van der Waals surface area contributed by atoms with Gasteiger partial charge in [-0.2, -0.15) is 28.8 Å². The molecule has 0 saturated carbocycles. The molecule has 4 aromatic rings. The van der Waals surface area contributed by atoms with Gasteiger partial charge in [-0.3, -0.25) is 9.59 Å². The van der Waals surface area contributed by atoms with Gasteiger partial charge in [0.2, 0.25) is 5.91 Å². The number of rotatable bonds is 6. The van der Waals surface area contributed by atoms with E-state index in [0.29, 0.717) is 60.0 Å². The summed E-state index contributed by atoms with van der Waals surface area (Å²) < 4.78 is 45.8. The molecule has 264 valence electrons. The number of carbonyl (C=O) groups excluding carboxylic acids is 2. The number of hydrogen-bond acceptors (Lipinski definition) is 9. The fourth-order valence-electron chi connectivity index (χ4n) is 5.86. The van der Waals surface area contributed by atoms with Crippen LogP contribution in [0.25, 0.3) is 16.6 Å². The summed E-state index contributed by atoms with van der Waals surface area (Å²) in [6, 6.07) is 22.6. The van der Waals surface area contributed by atoms with Crippen LogP contribution in [0.15, 0.2) is 66.7 Å². The van der Waals surface area contributed by atoms with Crippen molar-refractivity contribution in [2.24, 2.45) is 0 Å². The molecule has 1 aromatic heterocycles. The highest BCUT2D eigenvalue weighted by Gasteiger charge is 2.52. The SMILES string of the molecule is CN[C@@H](C)C(=O)N[C@@H]1C(=O)N(Cc2nn(-c3ccccc3C#N)c3ccccc23)c2ccc(C#N)cc2OC12CCOCC2.O=C(O)C(F)(F)F. The predicted octanol–water partition coefficient (Wildman–Crippen LogP) is 3.97. The second-order valence-corrected chi connectivity index (χ2v) is 11.8. The van der Waals surface area contributed by atoms with Gasteiger partial charge in [0.05, 0.1) is 65.6 Å². The minimum atomic E-state index is -5.08. The maximum atomic E-state index is 14.7. The highest BCUT2D eigenvalue weighted by atomic mass is 19.4. The third-order valence-corrected chi connectivity index (χ3v) is 8.65. The van der Waals surface area contributed by atoms with Crippen LogP contribution in [0.4, 0.5) is 18.9 Å². The second kappa shape index (κ2) is 14.9. The van der Waals surface area contributed by atoms with E-state index < -0.39 is 29.8 Å². The van der Waals surface area contributed by atoms with Gasteiger partial charge in [-0.1, -0.05) is 30.3 Å². The Kier molecular flexibility index (Phi) is 10.6. The first-order valence-corrected chi connectivity index (χ1v) is 15.7. The van der Waals surface area contributed by atoms with Crippen molar-refractivity contribution < 1.29 is 42.1 Å². The number of nitrogens with zero attached hydrogens (tertiary/aromatic N) is 5. The van der Waals surface area contributed by atoms with E-state index in [1.54, 1.807) is 53.9 Å². The molecule has 0 aliphatic carbocycles. The van der Waals surface area contributed by atoms with Crippen LogP contribution in [-0.4, -0.2) is 76.8 Å². The molecular weight excluding hydrogens is 671 g/mol. The van der Waals surface area contributed by atoms with Crippen LogP contribution in [0.3, 0.4) is 0 Å². The van der Waals surface area contributed by atoms with Gasteiger partial charge in [0.25, 0.3) is 5.91 Å². The van der Waals surface area contributed by atoms with Crippen LogP contribution in [0.2, 0.25) is 0 Å². The van der Waals surface area contributed by atoms with Crippen LogP contribution in [0, 0.1) is 22.7 Å². The van der Waals surface area contributed by atoms with Crippen LogP contribution in [0.1, 0.15) is 36.6 Å². The van der Waals surface area contributed by atoms with Crippen LogP contribution in [0.5, 0.6) is 5.75 Å². The summed E-state index contributed by atoms with van der Waals surface area (Å²) >= 11 is 0. The normalized spacial score (nSPS) is 17.1. The number of aliphatic carboxylic acids is 1. The number of carboxylic acid groups (broad SMARTS) is 1. The largest absolute Gasteiger partial charge is 0.490 e. The summed E-state index contributed by atoms with van der Waals surface area (Å²) in [5.41, 5.74) is 2.20. The van der Waals surface area contributed by atoms with Crippen molar-refractivity contribution in [2.45, 2.75) is 50.2 Å². The van der Waals surface area contributed by atoms with Crippen molar-refractivity contribution in [1.82, 2.24) is 20.4 Å². The highest BCUT2D eigenvalue weighted by Crippen LogP contribution is 2.42. The maximum absolute atomic E-state index is 14.7. The van der Waals surface area contributed by atoms with Gasteiger partial charge < -0.3 is 30.1 Å². The third-order valence-electron chi connectivity index (χ3n) is 8.65. The highest BCUT2D eigenvalue weighted by molar-refractivity contribution is 6.03. The zero-order valence-corrected chi connectivity index (χ0v) is 27.4. The van der Waals surface area contributed by atoms with Gasteiger partial charge in [0, 0.05) is 24.3 Å². The van der Waals surface area contributed by atoms with E-state index in [4.69, 9.17) is 24.5 Å². The van der Waals surface area contributed by atoms with E-state index in [1.165, 1.54) is 0 Å². The Morgan fingerprint density at radius 1 is 1.06 bits per heavy atom. The quantitative estimate of drug-likeness (QED) is 0.266. The lowest BCUT2D eigenvalue weighted by Gasteiger charge is -2.41. The first-order valence-electron chi connectivity index (χ1n) is 15.7. The molecule has 1 fully saturated rings. The summed E-state index contributed by atoms with van der Waals surface area (Å²) in [6.07, 6.45) is -4.35. The number of hydrogen-bond donors (Lipinski definition) is 3. The molecule has 51 heavy (non-hydrogen) atoms. The Labute approximate surface area is 289 Å². The molecule has 1 spiro atoms. The number of ether oxygens (including phenoxy) is 2. The number of para-hydroxylation sites is 2. The molecule has 0 unspecified atom stereocenters. The fourth-order valence-corrected chi connectivity index (χ4v) is 5.86. The molecule has 2 aliphatic heterocycles. The molecule has 2 aliphatic rings. The van der Waals surface area contributed by atoms with Gasteiger partial charge in [-0.15, -0.1) is 0 Å². The number of anilines is 1. The topological polar surface area (TPSA) is 183 Å². The first-order chi connectivity index (χ1) is 24.3. The van der Waals surface area contributed by atoms with E-state index in [1.807, 2.05) is 36.4 Å². The lowest BCUT2D eigenvalue weighted by Crippen LogP contribution is -2.65. The molecule has 3 N–H and O–H groups in total. The van der Waals surface area contributed by atoms with Gasteiger partial charge in [-0.25, -0.2) is 9.48 Å². The number of amides is 2. The van der Waals surface area contributed by atoms with Gasteiger partial charge >= 0.3 is 12.1 Å². The molecule has 16 heteroatoms. The minimum Gasteiger partial charge on any atom is -0.482 e. The van der Waals surface area contributed by atoms with Crippen molar-refractivity contribution in [3.05, 3.63) is 83.6 Å². The minimum absolute atomic E-state index is 0.0455. The van der Waals surface area contributed by atoms with E-state index in [2.05, 4.69) is 22.8 Å². The standard InChI is InChI=1S/C33H31N7O4.C2HF3O2/c1-21(36-2)31(41)37-30-32(42)39(28-12-11-22(18-34)17-29(28)44-33(30)13-15-43-16-14-33)20-25-24-8-4-6-10-27(24)40(38-25)26-9-5-3-7-23(26)19-35;3-2(4,5)1(6)7/h3-12,17,21,30,36H,13-16,20H2,1-2H3,(H,37,41);(H,6,7)/t21-,30+;/m0./s1. The second-order valence-electron chi connectivity index (χ2n) is 11.8. The first kappa shape index (κ1) is 36.3. The molecule has 1 saturated heterocycles.